The Bertz CT molecular complexity index is 201. The Hall–Kier alpha value is -0.0800. The molecule has 0 saturated heterocycles. The van der Waals surface area contributed by atoms with E-state index in [4.69, 9.17) is 0 Å². The van der Waals surface area contributed by atoms with Gasteiger partial charge in [-0.3, -0.25) is 0 Å². The highest BCUT2D eigenvalue weighted by molar-refractivity contribution is 4.76. The molecule has 0 aromatic rings. The molecule has 0 aromatic carbocycles. The third-order valence-electron chi connectivity index (χ3n) is 4.73. The third-order valence-corrected chi connectivity index (χ3v) is 4.73. The molecule has 0 heterocycles. The number of aliphatic hydroxyl groups excluding tert-OH is 1. The summed E-state index contributed by atoms with van der Waals surface area (Å²) in [4.78, 5) is 0. The summed E-state index contributed by atoms with van der Waals surface area (Å²) < 4.78 is 0. The van der Waals surface area contributed by atoms with Crippen LogP contribution in [-0.2, 0) is 0 Å². The molecule has 2 unspecified atom stereocenters. The summed E-state index contributed by atoms with van der Waals surface area (Å²) in [5.74, 6) is 1.50. The van der Waals surface area contributed by atoms with Crippen LogP contribution in [0.2, 0.25) is 0 Å². The molecule has 100 valence electrons. The molecule has 2 aliphatic rings. The lowest BCUT2D eigenvalue weighted by Crippen LogP contribution is -2.34. The molecule has 0 aliphatic heterocycles. The first-order valence-electron chi connectivity index (χ1n) is 7.75. The van der Waals surface area contributed by atoms with Gasteiger partial charge in [-0.05, 0) is 37.6 Å². The van der Waals surface area contributed by atoms with Gasteiger partial charge in [0.15, 0.2) is 0 Å². The van der Waals surface area contributed by atoms with Gasteiger partial charge in [0.05, 0.1) is 6.10 Å². The van der Waals surface area contributed by atoms with Crippen molar-refractivity contribution < 1.29 is 5.11 Å². The van der Waals surface area contributed by atoms with Crippen molar-refractivity contribution >= 4 is 0 Å². The van der Waals surface area contributed by atoms with Crippen LogP contribution in [0, 0.1) is 11.8 Å². The maximum absolute atomic E-state index is 9.88. The van der Waals surface area contributed by atoms with Gasteiger partial charge in [-0.1, -0.05) is 44.9 Å². The molecule has 2 fully saturated rings. The Morgan fingerprint density at radius 1 is 0.882 bits per heavy atom. The highest BCUT2D eigenvalue weighted by Crippen LogP contribution is 2.26. The second kappa shape index (κ2) is 7.38. The second-order valence-corrected chi connectivity index (χ2v) is 6.11. The van der Waals surface area contributed by atoms with Gasteiger partial charge in [0, 0.05) is 6.54 Å². The monoisotopic (exact) mass is 239 g/mol. The second-order valence-electron chi connectivity index (χ2n) is 6.11. The molecule has 17 heavy (non-hydrogen) atoms. The highest BCUT2D eigenvalue weighted by Gasteiger charge is 2.22. The minimum atomic E-state index is -0.0362. The first-order valence-corrected chi connectivity index (χ1v) is 7.75. The first kappa shape index (κ1) is 13.4. The Morgan fingerprint density at radius 3 is 2.35 bits per heavy atom. The number of nitrogens with one attached hydrogen (secondary N) is 1. The van der Waals surface area contributed by atoms with Crippen LogP contribution in [0.25, 0.3) is 0 Å². The third kappa shape index (κ3) is 4.59. The van der Waals surface area contributed by atoms with E-state index in [1.807, 2.05) is 0 Å². The van der Waals surface area contributed by atoms with E-state index >= 15 is 0 Å². The fraction of sp³-hybridized carbons (Fsp3) is 1.00. The normalized spacial score (nSPS) is 31.6. The molecule has 2 N–H and O–H groups in total. The molecule has 2 atom stereocenters. The minimum Gasteiger partial charge on any atom is -0.393 e. The average molecular weight is 239 g/mol. The molecule has 0 bridgehead atoms. The summed E-state index contributed by atoms with van der Waals surface area (Å²) >= 11 is 0. The van der Waals surface area contributed by atoms with Crippen molar-refractivity contribution in [2.75, 3.05) is 13.1 Å². The predicted octanol–water partition coefficient (Wildman–Crippen LogP) is 3.10. The van der Waals surface area contributed by atoms with E-state index < -0.39 is 0 Å². The maximum Gasteiger partial charge on any atom is 0.0580 e. The molecule has 2 rings (SSSR count). The molecule has 0 radical (unpaired) electrons. The Labute approximate surface area is 106 Å². The summed E-state index contributed by atoms with van der Waals surface area (Å²) in [5, 5.41) is 13.4. The lowest BCUT2D eigenvalue weighted by Gasteiger charge is -2.28. The fourth-order valence-corrected chi connectivity index (χ4v) is 3.50. The summed E-state index contributed by atoms with van der Waals surface area (Å²) in [7, 11) is 0. The zero-order chi connectivity index (χ0) is 11.9. The van der Waals surface area contributed by atoms with Crippen LogP contribution >= 0.6 is 0 Å². The largest absolute Gasteiger partial charge is 0.393 e. The highest BCUT2D eigenvalue weighted by atomic mass is 16.3. The number of aliphatic hydroxyl groups is 1. The van der Waals surface area contributed by atoms with Crippen LogP contribution in [0.3, 0.4) is 0 Å². The maximum atomic E-state index is 9.88. The van der Waals surface area contributed by atoms with Gasteiger partial charge in [0.1, 0.15) is 0 Å². The average Bonchev–Trinajstić information content (AvgIpc) is 2.38. The SMILES string of the molecule is OC1CCCCC1CNCCC1CCCCC1. The van der Waals surface area contributed by atoms with Crippen LogP contribution in [0.5, 0.6) is 0 Å². The van der Waals surface area contributed by atoms with Gasteiger partial charge in [-0.25, -0.2) is 0 Å². The molecule has 2 nitrogen and oxygen atoms in total. The lowest BCUT2D eigenvalue weighted by atomic mass is 9.86. The molecule has 2 saturated carbocycles. The fourth-order valence-electron chi connectivity index (χ4n) is 3.50. The quantitative estimate of drug-likeness (QED) is 0.723. The van der Waals surface area contributed by atoms with Crippen LogP contribution in [0.1, 0.15) is 64.2 Å². The molecule has 0 amide bonds. The number of hydrogen-bond acceptors (Lipinski definition) is 2. The molecule has 2 heteroatoms. The van der Waals surface area contributed by atoms with Gasteiger partial charge in [-0.15, -0.1) is 0 Å². The van der Waals surface area contributed by atoms with Crippen molar-refractivity contribution in [2.45, 2.75) is 70.3 Å². The van der Waals surface area contributed by atoms with E-state index in [1.165, 1.54) is 57.8 Å². The predicted molar refractivity (Wildman–Crippen MR) is 72.0 cm³/mol. The zero-order valence-electron chi connectivity index (χ0n) is 11.2. The van der Waals surface area contributed by atoms with E-state index in [9.17, 15) is 5.11 Å². The minimum absolute atomic E-state index is 0.0362. The van der Waals surface area contributed by atoms with Crippen molar-refractivity contribution in [3.63, 3.8) is 0 Å². The Morgan fingerprint density at radius 2 is 1.59 bits per heavy atom. The summed E-state index contributed by atoms with van der Waals surface area (Å²) in [6.07, 6.45) is 13.4. The van der Waals surface area contributed by atoms with E-state index in [1.54, 1.807) is 0 Å². The van der Waals surface area contributed by atoms with Crippen LogP contribution in [-0.4, -0.2) is 24.3 Å². The van der Waals surface area contributed by atoms with Crippen molar-refractivity contribution in [3.05, 3.63) is 0 Å². The number of hydrogen-bond donors (Lipinski definition) is 2. The van der Waals surface area contributed by atoms with Crippen molar-refractivity contribution in [1.29, 1.82) is 0 Å². The summed E-state index contributed by atoms with van der Waals surface area (Å²) in [6, 6.07) is 0. The topological polar surface area (TPSA) is 32.3 Å². The van der Waals surface area contributed by atoms with Gasteiger partial charge >= 0.3 is 0 Å². The van der Waals surface area contributed by atoms with Gasteiger partial charge in [-0.2, -0.15) is 0 Å². The van der Waals surface area contributed by atoms with Crippen LogP contribution in [0.4, 0.5) is 0 Å². The van der Waals surface area contributed by atoms with E-state index in [2.05, 4.69) is 5.32 Å². The Kier molecular flexibility index (Phi) is 5.79. The van der Waals surface area contributed by atoms with E-state index in [-0.39, 0.29) is 6.10 Å². The van der Waals surface area contributed by atoms with Crippen LogP contribution < -0.4 is 5.32 Å². The lowest BCUT2D eigenvalue weighted by molar-refractivity contribution is 0.0695. The molecular weight excluding hydrogens is 210 g/mol. The Balaban J connectivity index is 1.53. The van der Waals surface area contributed by atoms with Crippen molar-refractivity contribution in [3.8, 4) is 0 Å². The standard InChI is InChI=1S/C15H29NO/c17-15-9-5-4-8-14(15)12-16-11-10-13-6-2-1-3-7-13/h13-17H,1-12H2. The smallest absolute Gasteiger partial charge is 0.0580 e. The molecule has 0 spiro atoms. The van der Waals surface area contributed by atoms with Crippen molar-refractivity contribution in [1.82, 2.24) is 5.32 Å². The molecule has 2 aliphatic carbocycles. The van der Waals surface area contributed by atoms with Crippen LogP contribution in [0.15, 0.2) is 0 Å². The summed E-state index contributed by atoms with van der Waals surface area (Å²) in [6.45, 7) is 2.20. The van der Waals surface area contributed by atoms with Crippen molar-refractivity contribution in [2.24, 2.45) is 11.8 Å². The molecule has 0 aromatic heterocycles. The first-order chi connectivity index (χ1) is 8.36. The van der Waals surface area contributed by atoms with E-state index in [0.717, 1.165) is 25.4 Å². The van der Waals surface area contributed by atoms with Gasteiger partial charge in [0.25, 0.3) is 0 Å². The van der Waals surface area contributed by atoms with E-state index in [0.29, 0.717) is 5.92 Å². The zero-order valence-corrected chi connectivity index (χ0v) is 11.2. The van der Waals surface area contributed by atoms with Gasteiger partial charge < -0.3 is 10.4 Å². The summed E-state index contributed by atoms with van der Waals surface area (Å²) in [5.41, 5.74) is 0. The van der Waals surface area contributed by atoms with Gasteiger partial charge in [0.2, 0.25) is 0 Å². The number of rotatable bonds is 5. The molecular formula is C15H29NO.